The number of fused-ring (bicyclic) bond motifs is 1. The Balaban J connectivity index is 1.32. The summed E-state index contributed by atoms with van der Waals surface area (Å²) in [5.74, 6) is 0.813. The number of sulfonamides is 1. The van der Waals surface area contributed by atoms with Crippen molar-refractivity contribution < 1.29 is 13.2 Å². The number of carbonyl (C=O) groups is 1. The van der Waals surface area contributed by atoms with Crippen molar-refractivity contribution in [2.24, 2.45) is 0 Å². The standard InChI is InChI=1S/C24H26N4O3S/c29-24(27-16-14-26(15-17-27)23-9-3-4-12-25-23)22-8-5-13-28(22)32(30,31)21-11-10-19-6-1-2-7-20(19)18-21/h1-4,6-7,9-12,18,22H,5,8,13-17H2. The number of piperazine rings is 1. The second-order valence-electron chi connectivity index (χ2n) is 8.28. The maximum absolute atomic E-state index is 13.5. The molecule has 2 saturated heterocycles. The summed E-state index contributed by atoms with van der Waals surface area (Å²) in [5, 5.41) is 1.87. The van der Waals surface area contributed by atoms with E-state index in [9.17, 15) is 13.2 Å². The van der Waals surface area contributed by atoms with Crippen molar-refractivity contribution in [3.8, 4) is 0 Å². The number of carbonyl (C=O) groups excluding carboxylic acids is 1. The van der Waals surface area contributed by atoms with Gasteiger partial charge in [-0.15, -0.1) is 0 Å². The van der Waals surface area contributed by atoms with Gasteiger partial charge < -0.3 is 9.80 Å². The van der Waals surface area contributed by atoms with Crippen LogP contribution < -0.4 is 4.90 Å². The molecule has 0 N–H and O–H groups in total. The first-order chi connectivity index (χ1) is 15.5. The van der Waals surface area contributed by atoms with Gasteiger partial charge in [-0.3, -0.25) is 4.79 Å². The average molecular weight is 451 g/mol. The molecule has 7 nitrogen and oxygen atoms in total. The summed E-state index contributed by atoms with van der Waals surface area (Å²) in [4.78, 5) is 21.9. The van der Waals surface area contributed by atoms with E-state index in [0.717, 1.165) is 16.6 Å². The van der Waals surface area contributed by atoms with E-state index in [-0.39, 0.29) is 10.8 Å². The van der Waals surface area contributed by atoms with E-state index in [1.165, 1.54) is 4.31 Å². The molecule has 0 aliphatic carbocycles. The van der Waals surface area contributed by atoms with Crippen molar-refractivity contribution >= 4 is 32.5 Å². The summed E-state index contributed by atoms with van der Waals surface area (Å²) in [7, 11) is -3.75. The molecule has 2 aliphatic heterocycles. The molecule has 0 bridgehead atoms. The molecule has 1 atom stereocenters. The Morgan fingerprint density at radius 2 is 1.62 bits per heavy atom. The van der Waals surface area contributed by atoms with Crippen LogP contribution in [0.5, 0.6) is 0 Å². The van der Waals surface area contributed by atoms with E-state index >= 15 is 0 Å². The number of pyridine rings is 1. The first-order valence-electron chi connectivity index (χ1n) is 11.0. The zero-order valence-corrected chi connectivity index (χ0v) is 18.6. The minimum absolute atomic E-state index is 0.0902. The van der Waals surface area contributed by atoms with Crippen LogP contribution in [-0.4, -0.2) is 67.3 Å². The molecular formula is C24H26N4O3S. The minimum Gasteiger partial charge on any atom is -0.353 e. The molecule has 2 fully saturated rings. The number of hydrogen-bond acceptors (Lipinski definition) is 5. The Morgan fingerprint density at radius 1 is 0.875 bits per heavy atom. The quantitative estimate of drug-likeness (QED) is 0.611. The summed E-state index contributed by atoms with van der Waals surface area (Å²) in [6, 6.07) is 18.0. The topological polar surface area (TPSA) is 73.8 Å². The molecule has 32 heavy (non-hydrogen) atoms. The minimum atomic E-state index is -3.75. The first kappa shape index (κ1) is 20.9. The number of benzene rings is 2. The van der Waals surface area contributed by atoms with Crippen LogP contribution in [0, 0.1) is 0 Å². The van der Waals surface area contributed by atoms with E-state index in [0.29, 0.717) is 45.6 Å². The predicted molar refractivity (Wildman–Crippen MR) is 124 cm³/mol. The Hall–Kier alpha value is -2.97. The molecular weight excluding hydrogens is 424 g/mol. The van der Waals surface area contributed by atoms with E-state index in [1.54, 1.807) is 23.2 Å². The smallest absolute Gasteiger partial charge is 0.243 e. The fourth-order valence-electron chi connectivity index (χ4n) is 4.65. The number of hydrogen-bond donors (Lipinski definition) is 0. The molecule has 0 saturated carbocycles. The Kier molecular flexibility index (Phi) is 5.57. The van der Waals surface area contributed by atoms with Gasteiger partial charge in [0.1, 0.15) is 11.9 Å². The number of rotatable bonds is 4. The zero-order chi connectivity index (χ0) is 22.1. The Labute approximate surface area is 188 Å². The molecule has 0 radical (unpaired) electrons. The lowest BCUT2D eigenvalue weighted by Gasteiger charge is -2.37. The van der Waals surface area contributed by atoms with Crippen LogP contribution in [-0.2, 0) is 14.8 Å². The Bertz CT molecular complexity index is 1220. The van der Waals surface area contributed by atoms with Gasteiger partial charge in [-0.25, -0.2) is 13.4 Å². The lowest BCUT2D eigenvalue weighted by atomic mass is 10.1. The van der Waals surface area contributed by atoms with Crippen molar-refractivity contribution in [3.63, 3.8) is 0 Å². The number of nitrogens with zero attached hydrogens (tertiary/aromatic N) is 4. The van der Waals surface area contributed by atoms with Gasteiger partial charge in [0, 0.05) is 38.9 Å². The SMILES string of the molecule is O=C(C1CCCN1S(=O)(=O)c1ccc2ccccc2c1)N1CCN(c2ccccn2)CC1. The van der Waals surface area contributed by atoms with Gasteiger partial charge in [-0.1, -0.05) is 36.4 Å². The van der Waals surface area contributed by atoms with Crippen molar-refractivity contribution in [1.82, 2.24) is 14.2 Å². The molecule has 1 aromatic heterocycles. The molecule has 166 valence electrons. The predicted octanol–water partition coefficient (Wildman–Crippen LogP) is 2.74. The van der Waals surface area contributed by atoms with E-state index in [2.05, 4.69) is 9.88 Å². The van der Waals surface area contributed by atoms with Crippen LogP contribution in [0.4, 0.5) is 5.82 Å². The third kappa shape index (κ3) is 3.84. The third-order valence-electron chi connectivity index (χ3n) is 6.38. The van der Waals surface area contributed by atoms with Gasteiger partial charge in [-0.05, 0) is 47.9 Å². The molecule has 2 aliphatic rings. The number of aromatic nitrogens is 1. The summed E-state index contributed by atoms with van der Waals surface area (Å²) in [5.41, 5.74) is 0. The van der Waals surface area contributed by atoms with Gasteiger partial charge in [0.25, 0.3) is 0 Å². The van der Waals surface area contributed by atoms with Gasteiger partial charge >= 0.3 is 0 Å². The molecule has 3 aromatic rings. The van der Waals surface area contributed by atoms with E-state index < -0.39 is 16.1 Å². The third-order valence-corrected chi connectivity index (χ3v) is 8.29. The monoisotopic (exact) mass is 450 g/mol. The highest BCUT2D eigenvalue weighted by molar-refractivity contribution is 7.89. The van der Waals surface area contributed by atoms with Gasteiger partial charge in [-0.2, -0.15) is 4.31 Å². The fourth-order valence-corrected chi connectivity index (χ4v) is 6.33. The molecule has 0 spiro atoms. The number of anilines is 1. The van der Waals surface area contributed by atoms with Gasteiger partial charge in [0.2, 0.25) is 15.9 Å². The highest BCUT2D eigenvalue weighted by Gasteiger charge is 2.41. The summed E-state index contributed by atoms with van der Waals surface area (Å²) < 4.78 is 28.3. The van der Waals surface area contributed by atoms with Crippen molar-refractivity contribution in [3.05, 3.63) is 66.9 Å². The lowest BCUT2D eigenvalue weighted by molar-refractivity contribution is -0.134. The molecule has 8 heteroatoms. The van der Waals surface area contributed by atoms with E-state index in [4.69, 9.17) is 0 Å². The van der Waals surface area contributed by atoms with Crippen LogP contribution in [0.1, 0.15) is 12.8 Å². The highest BCUT2D eigenvalue weighted by Crippen LogP contribution is 2.29. The normalized spacial score (nSPS) is 20.1. The second-order valence-corrected chi connectivity index (χ2v) is 10.2. The highest BCUT2D eigenvalue weighted by atomic mass is 32.2. The summed E-state index contributed by atoms with van der Waals surface area (Å²) >= 11 is 0. The lowest BCUT2D eigenvalue weighted by Crippen LogP contribution is -2.54. The Morgan fingerprint density at radius 3 is 2.38 bits per heavy atom. The van der Waals surface area contributed by atoms with E-state index in [1.807, 2.05) is 48.5 Å². The maximum Gasteiger partial charge on any atom is 0.243 e. The number of amides is 1. The van der Waals surface area contributed by atoms with Gasteiger partial charge in [0.05, 0.1) is 4.90 Å². The molecule has 5 rings (SSSR count). The summed E-state index contributed by atoms with van der Waals surface area (Å²) in [6.07, 6.45) is 3.02. The largest absolute Gasteiger partial charge is 0.353 e. The molecule has 1 unspecified atom stereocenters. The van der Waals surface area contributed by atoms with Crippen LogP contribution >= 0.6 is 0 Å². The molecule has 1 amide bonds. The fraction of sp³-hybridized carbons (Fsp3) is 0.333. The summed E-state index contributed by atoms with van der Waals surface area (Å²) in [6.45, 7) is 2.88. The van der Waals surface area contributed by atoms with Crippen molar-refractivity contribution in [1.29, 1.82) is 0 Å². The van der Waals surface area contributed by atoms with Crippen LogP contribution in [0.3, 0.4) is 0 Å². The zero-order valence-electron chi connectivity index (χ0n) is 17.8. The van der Waals surface area contributed by atoms with Crippen molar-refractivity contribution in [2.45, 2.75) is 23.8 Å². The first-order valence-corrected chi connectivity index (χ1v) is 12.4. The van der Waals surface area contributed by atoms with Crippen molar-refractivity contribution in [2.75, 3.05) is 37.6 Å². The van der Waals surface area contributed by atoms with Crippen LogP contribution in [0.25, 0.3) is 10.8 Å². The molecule has 3 heterocycles. The van der Waals surface area contributed by atoms with Crippen LogP contribution in [0.15, 0.2) is 71.8 Å². The van der Waals surface area contributed by atoms with Crippen LogP contribution in [0.2, 0.25) is 0 Å². The second kappa shape index (κ2) is 8.52. The van der Waals surface area contributed by atoms with Gasteiger partial charge in [0.15, 0.2) is 0 Å². The maximum atomic E-state index is 13.5. The average Bonchev–Trinajstić information content (AvgIpc) is 3.35. The molecule has 2 aromatic carbocycles.